The third kappa shape index (κ3) is 3.46. The minimum atomic E-state index is -0.295. The molecular weight excluding hydrogens is 252 g/mol. The zero-order valence-electron chi connectivity index (χ0n) is 12.5. The van der Waals surface area contributed by atoms with Crippen molar-refractivity contribution in [2.45, 2.75) is 82.7 Å². The van der Waals surface area contributed by atoms with Gasteiger partial charge in [0.05, 0.1) is 0 Å². The lowest BCUT2D eigenvalue weighted by molar-refractivity contribution is 0.0586. The molecule has 3 fully saturated rings. The van der Waals surface area contributed by atoms with Gasteiger partial charge < -0.3 is 4.84 Å². The number of hydrogen-bond donors (Lipinski definition) is 2. The van der Waals surface area contributed by atoms with E-state index in [1.165, 1.54) is 64.2 Å². The van der Waals surface area contributed by atoms with Gasteiger partial charge in [0.1, 0.15) is 5.66 Å². The Morgan fingerprint density at radius 1 is 0.900 bits per heavy atom. The summed E-state index contributed by atoms with van der Waals surface area (Å²) in [5.41, 5.74) is 2.76. The molecule has 2 saturated carbocycles. The third-order valence-electron chi connectivity index (χ3n) is 5.40. The summed E-state index contributed by atoms with van der Waals surface area (Å²) >= 11 is 0. The van der Waals surface area contributed by atoms with Crippen LogP contribution in [0.15, 0.2) is 0 Å². The zero-order chi connectivity index (χ0) is 13.8. The molecule has 0 bridgehead atoms. The van der Waals surface area contributed by atoms with Crippen LogP contribution in [0.25, 0.3) is 0 Å². The van der Waals surface area contributed by atoms with E-state index in [0.717, 1.165) is 24.7 Å². The van der Waals surface area contributed by atoms with Gasteiger partial charge in [-0.05, 0) is 24.7 Å². The summed E-state index contributed by atoms with van der Waals surface area (Å²) in [6.07, 6.45) is 15.2. The first-order valence-corrected chi connectivity index (χ1v) is 8.52. The summed E-state index contributed by atoms with van der Waals surface area (Å²) in [6, 6.07) is 0. The van der Waals surface area contributed by atoms with E-state index in [2.05, 4.69) is 10.8 Å². The van der Waals surface area contributed by atoms with Crippen LogP contribution in [-0.4, -0.2) is 11.8 Å². The molecule has 20 heavy (non-hydrogen) atoms. The Morgan fingerprint density at radius 2 is 1.40 bits per heavy atom. The fourth-order valence-corrected chi connectivity index (χ4v) is 4.43. The van der Waals surface area contributed by atoms with Gasteiger partial charge in [0.2, 0.25) is 0 Å². The van der Waals surface area contributed by atoms with Crippen molar-refractivity contribution in [2.24, 2.45) is 11.8 Å². The summed E-state index contributed by atoms with van der Waals surface area (Å²) in [5, 5.41) is 3.09. The number of nitrogens with one attached hydrogen (secondary N) is 2. The van der Waals surface area contributed by atoms with Crippen LogP contribution in [0.2, 0.25) is 0 Å². The lowest BCUT2D eigenvalue weighted by atomic mass is 9.77. The zero-order valence-corrected chi connectivity index (χ0v) is 12.5. The molecule has 0 aromatic rings. The van der Waals surface area contributed by atoms with Gasteiger partial charge in [0.25, 0.3) is 0 Å². The van der Waals surface area contributed by atoms with Crippen LogP contribution in [0.1, 0.15) is 77.0 Å². The molecule has 0 unspecified atom stereocenters. The number of carbonyl (C=O) groups is 1. The van der Waals surface area contributed by atoms with E-state index >= 15 is 0 Å². The summed E-state index contributed by atoms with van der Waals surface area (Å²) in [7, 11) is 0. The lowest BCUT2D eigenvalue weighted by Crippen LogP contribution is -2.52. The van der Waals surface area contributed by atoms with Gasteiger partial charge in [0.15, 0.2) is 0 Å². The first kappa shape index (κ1) is 14.2. The van der Waals surface area contributed by atoms with Gasteiger partial charge in [-0.3, -0.25) is 5.32 Å². The number of carbonyl (C=O) groups excluding carboxylic acids is 1. The molecule has 2 N–H and O–H groups in total. The number of rotatable bonds is 4. The minimum absolute atomic E-state index is 0.291. The molecule has 3 rings (SSSR count). The monoisotopic (exact) mass is 280 g/mol. The highest BCUT2D eigenvalue weighted by molar-refractivity contribution is 5.69. The largest absolute Gasteiger partial charge is 0.427 e. The number of hydrogen-bond acceptors (Lipinski definition) is 3. The highest BCUT2D eigenvalue weighted by Crippen LogP contribution is 2.37. The second-order valence-electron chi connectivity index (χ2n) is 7.12. The van der Waals surface area contributed by atoms with Crippen LogP contribution in [0.3, 0.4) is 0 Å². The number of amides is 1. The molecule has 1 aliphatic heterocycles. The molecule has 4 nitrogen and oxygen atoms in total. The first-order valence-electron chi connectivity index (χ1n) is 8.52. The predicted molar refractivity (Wildman–Crippen MR) is 77.9 cm³/mol. The van der Waals surface area contributed by atoms with Gasteiger partial charge in [-0.25, -0.2) is 4.79 Å². The van der Waals surface area contributed by atoms with E-state index < -0.39 is 0 Å². The summed E-state index contributed by atoms with van der Waals surface area (Å²) in [5.74, 6) is 1.48. The van der Waals surface area contributed by atoms with Gasteiger partial charge in [-0.15, -0.1) is 5.48 Å². The third-order valence-corrected chi connectivity index (χ3v) is 5.40. The summed E-state index contributed by atoms with van der Waals surface area (Å²) in [6.45, 7) is 0. The molecule has 3 aliphatic rings. The van der Waals surface area contributed by atoms with Crippen molar-refractivity contribution in [3.63, 3.8) is 0 Å². The van der Waals surface area contributed by atoms with Crippen molar-refractivity contribution >= 4 is 6.09 Å². The standard InChI is InChI=1S/C16H28N2O2/c19-15-17-16(18-20-15,11-13-7-3-1-4-8-13)12-14-9-5-2-6-10-14/h13-14,18H,1-12H2,(H,17,19). The topological polar surface area (TPSA) is 50.4 Å². The second-order valence-corrected chi connectivity index (χ2v) is 7.12. The van der Waals surface area contributed by atoms with Gasteiger partial charge in [0, 0.05) is 0 Å². The Morgan fingerprint density at radius 3 is 1.80 bits per heavy atom. The van der Waals surface area contributed by atoms with Crippen LogP contribution < -0.4 is 10.8 Å². The highest BCUT2D eigenvalue weighted by Gasteiger charge is 2.43. The summed E-state index contributed by atoms with van der Waals surface area (Å²) < 4.78 is 0. The van der Waals surface area contributed by atoms with Crippen LogP contribution in [0, 0.1) is 11.8 Å². The SMILES string of the molecule is O=C1NC(CC2CCCCC2)(CC2CCCCC2)NO1. The predicted octanol–water partition coefficient (Wildman–Crippen LogP) is 3.87. The molecule has 4 heteroatoms. The quantitative estimate of drug-likeness (QED) is 0.822. The molecule has 1 saturated heterocycles. The maximum Gasteiger partial charge on any atom is 0.427 e. The molecule has 0 atom stereocenters. The Hall–Kier alpha value is -0.770. The van der Waals surface area contributed by atoms with Crippen molar-refractivity contribution < 1.29 is 9.63 Å². The average Bonchev–Trinajstić information content (AvgIpc) is 2.82. The van der Waals surface area contributed by atoms with E-state index in [-0.39, 0.29) is 11.8 Å². The maximum absolute atomic E-state index is 11.5. The van der Waals surface area contributed by atoms with Crippen LogP contribution >= 0.6 is 0 Å². The van der Waals surface area contributed by atoms with E-state index in [0.29, 0.717) is 0 Å². The normalized spacial score (nSPS) is 28.1. The fourth-order valence-electron chi connectivity index (χ4n) is 4.43. The highest BCUT2D eigenvalue weighted by atomic mass is 16.7. The first-order chi connectivity index (χ1) is 9.76. The Kier molecular flexibility index (Phi) is 4.49. The van der Waals surface area contributed by atoms with E-state index in [1.807, 2.05) is 0 Å². The number of hydroxylamine groups is 1. The molecule has 114 valence electrons. The van der Waals surface area contributed by atoms with E-state index in [1.54, 1.807) is 0 Å². The van der Waals surface area contributed by atoms with Gasteiger partial charge in [-0.2, -0.15) is 0 Å². The molecule has 0 radical (unpaired) electrons. The van der Waals surface area contributed by atoms with Gasteiger partial charge in [-0.1, -0.05) is 64.2 Å². The Balaban J connectivity index is 1.62. The van der Waals surface area contributed by atoms with Crippen molar-refractivity contribution in [1.29, 1.82) is 0 Å². The van der Waals surface area contributed by atoms with Crippen LogP contribution in [0.4, 0.5) is 4.79 Å². The van der Waals surface area contributed by atoms with Crippen molar-refractivity contribution in [3.05, 3.63) is 0 Å². The second kappa shape index (κ2) is 6.33. The van der Waals surface area contributed by atoms with Crippen LogP contribution in [0.5, 0.6) is 0 Å². The van der Waals surface area contributed by atoms with Crippen molar-refractivity contribution in [3.8, 4) is 0 Å². The molecular formula is C16H28N2O2. The molecule has 2 aliphatic carbocycles. The van der Waals surface area contributed by atoms with Crippen molar-refractivity contribution in [1.82, 2.24) is 10.8 Å². The molecule has 1 amide bonds. The molecule has 0 aromatic heterocycles. The smallest absolute Gasteiger partial charge is 0.351 e. The van der Waals surface area contributed by atoms with Gasteiger partial charge >= 0.3 is 6.09 Å². The van der Waals surface area contributed by atoms with Crippen LogP contribution in [-0.2, 0) is 4.84 Å². The van der Waals surface area contributed by atoms with E-state index in [9.17, 15) is 4.79 Å². The van der Waals surface area contributed by atoms with E-state index in [4.69, 9.17) is 4.84 Å². The maximum atomic E-state index is 11.5. The Labute approximate surface area is 122 Å². The minimum Gasteiger partial charge on any atom is -0.351 e. The van der Waals surface area contributed by atoms with Crippen molar-refractivity contribution in [2.75, 3.05) is 0 Å². The molecule has 1 heterocycles. The average molecular weight is 280 g/mol. The lowest BCUT2D eigenvalue weighted by Gasteiger charge is -2.36. The fraction of sp³-hybridized carbons (Fsp3) is 0.938. The summed E-state index contributed by atoms with van der Waals surface area (Å²) in [4.78, 5) is 16.6. The Bertz CT molecular complexity index is 313. The molecule has 0 spiro atoms. The molecule has 0 aromatic carbocycles.